The van der Waals surface area contributed by atoms with Crippen LogP contribution < -0.4 is 5.73 Å². The molecule has 1 aliphatic rings. The van der Waals surface area contributed by atoms with Gasteiger partial charge in [0.2, 0.25) is 0 Å². The summed E-state index contributed by atoms with van der Waals surface area (Å²) >= 11 is 5.93. The molecule has 0 radical (unpaired) electrons. The Labute approximate surface area is 128 Å². The Bertz CT molecular complexity index is 566. The second-order valence-corrected chi connectivity index (χ2v) is 5.87. The molecule has 0 aromatic heterocycles. The maximum Gasteiger partial charge on any atom is 0.309 e. The van der Waals surface area contributed by atoms with Crippen LogP contribution in [0.15, 0.2) is 18.2 Å². The van der Waals surface area contributed by atoms with Crippen LogP contribution in [0.3, 0.4) is 0 Å². The quantitative estimate of drug-likeness (QED) is 0.841. The van der Waals surface area contributed by atoms with E-state index in [4.69, 9.17) is 17.3 Å². The Morgan fingerprint density at radius 3 is 2.48 bits per heavy atom. The highest BCUT2D eigenvalue weighted by molar-refractivity contribution is 6.33. The van der Waals surface area contributed by atoms with Crippen molar-refractivity contribution in [3.63, 3.8) is 0 Å². The Morgan fingerprint density at radius 2 is 2.00 bits per heavy atom. The first-order valence-electron chi connectivity index (χ1n) is 6.97. The highest BCUT2D eigenvalue weighted by Gasteiger charge is 2.40. The monoisotopic (exact) mass is 310 g/mol. The summed E-state index contributed by atoms with van der Waals surface area (Å²) in [4.78, 5) is 25.5. The zero-order valence-corrected chi connectivity index (χ0v) is 12.7. The van der Waals surface area contributed by atoms with E-state index < -0.39 is 11.4 Å². The van der Waals surface area contributed by atoms with E-state index in [1.54, 1.807) is 23.1 Å². The Kier molecular flexibility index (Phi) is 4.42. The number of carboxylic acid groups (broad SMARTS) is 1. The minimum atomic E-state index is -0.771. The van der Waals surface area contributed by atoms with Gasteiger partial charge in [-0.3, -0.25) is 9.59 Å². The van der Waals surface area contributed by atoms with E-state index in [9.17, 15) is 14.7 Å². The molecule has 1 fully saturated rings. The van der Waals surface area contributed by atoms with E-state index >= 15 is 0 Å². The van der Waals surface area contributed by atoms with Crippen LogP contribution >= 0.6 is 11.6 Å². The van der Waals surface area contributed by atoms with Gasteiger partial charge >= 0.3 is 5.97 Å². The van der Waals surface area contributed by atoms with Gasteiger partial charge in [-0.25, -0.2) is 0 Å². The Balaban J connectivity index is 2.09. The molecule has 0 aliphatic carbocycles. The molecule has 0 spiro atoms. The number of piperidine rings is 1. The molecule has 3 N–H and O–H groups in total. The molecule has 114 valence electrons. The Morgan fingerprint density at radius 1 is 1.38 bits per heavy atom. The van der Waals surface area contributed by atoms with Crippen molar-refractivity contribution < 1.29 is 14.7 Å². The fourth-order valence-corrected chi connectivity index (χ4v) is 2.88. The number of hydrogen-bond acceptors (Lipinski definition) is 3. The predicted molar refractivity (Wildman–Crippen MR) is 81.4 cm³/mol. The van der Waals surface area contributed by atoms with Gasteiger partial charge in [-0.05, 0) is 37.5 Å². The van der Waals surface area contributed by atoms with Crippen molar-refractivity contribution in [2.75, 3.05) is 18.8 Å². The molecular weight excluding hydrogens is 292 g/mol. The molecule has 0 unspecified atom stereocenters. The highest BCUT2D eigenvalue weighted by atomic mass is 35.5. The van der Waals surface area contributed by atoms with Gasteiger partial charge in [-0.2, -0.15) is 0 Å². The predicted octanol–water partition coefficient (Wildman–Crippen LogP) is 2.64. The number of nitrogen functional groups attached to an aromatic ring is 1. The smallest absolute Gasteiger partial charge is 0.309 e. The molecule has 1 amide bonds. The summed E-state index contributed by atoms with van der Waals surface area (Å²) in [6.45, 7) is 2.77. The van der Waals surface area contributed by atoms with Crippen LogP contribution in [0.5, 0.6) is 0 Å². The highest BCUT2D eigenvalue weighted by Crippen LogP contribution is 2.35. The van der Waals surface area contributed by atoms with Crippen molar-refractivity contribution in [1.29, 1.82) is 0 Å². The zero-order chi connectivity index (χ0) is 15.6. The fraction of sp³-hybridized carbons (Fsp3) is 0.467. The second-order valence-electron chi connectivity index (χ2n) is 5.47. The van der Waals surface area contributed by atoms with E-state index in [-0.39, 0.29) is 5.91 Å². The van der Waals surface area contributed by atoms with Gasteiger partial charge in [0.05, 0.1) is 16.1 Å². The topological polar surface area (TPSA) is 83.6 Å². The largest absolute Gasteiger partial charge is 0.481 e. The van der Waals surface area contributed by atoms with Gasteiger partial charge in [-0.1, -0.05) is 18.5 Å². The normalized spacial score (nSPS) is 17.5. The van der Waals surface area contributed by atoms with Crippen molar-refractivity contribution in [2.24, 2.45) is 5.41 Å². The van der Waals surface area contributed by atoms with Gasteiger partial charge < -0.3 is 15.7 Å². The first-order chi connectivity index (χ1) is 9.89. The van der Waals surface area contributed by atoms with Crippen molar-refractivity contribution in [1.82, 2.24) is 4.90 Å². The number of likely N-dealkylation sites (tertiary alicyclic amines) is 1. The SMILES string of the molecule is CCC1(C(=O)O)CCN(C(=O)c2ccc(N)c(Cl)c2)CC1. The zero-order valence-electron chi connectivity index (χ0n) is 11.9. The summed E-state index contributed by atoms with van der Waals surface area (Å²) in [6, 6.07) is 4.80. The molecular formula is C15H19ClN2O3. The number of carbonyl (C=O) groups is 2. The number of nitrogens with zero attached hydrogens (tertiary/aromatic N) is 1. The summed E-state index contributed by atoms with van der Waals surface area (Å²) in [5.41, 5.74) is 5.85. The fourth-order valence-electron chi connectivity index (χ4n) is 2.70. The van der Waals surface area contributed by atoms with Gasteiger partial charge in [0.15, 0.2) is 0 Å². The van der Waals surface area contributed by atoms with E-state index in [0.29, 0.717) is 48.6 Å². The van der Waals surface area contributed by atoms with Gasteiger partial charge in [0.25, 0.3) is 5.91 Å². The van der Waals surface area contributed by atoms with Gasteiger partial charge in [0.1, 0.15) is 0 Å². The lowest BCUT2D eigenvalue weighted by molar-refractivity contribution is -0.152. The van der Waals surface area contributed by atoms with Crippen LogP contribution in [0.4, 0.5) is 5.69 Å². The molecule has 0 bridgehead atoms. The van der Waals surface area contributed by atoms with Crippen LogP contribution in [-0.4, -0.2) is 35.0 Å². The van der Waals surface area contributed by atoms with Gasteiger partial charge in [0, 0.05) is 18.7 Å². The van der Waals surface area contributed by atoms with Crippen LogP contribution in [-0.2, 0) is 4.79 Å². The summed E-state index contributed by atoms with van der Waals surface area (Å²) in [5.74, 6) is -0.903. The molecule has 21 heavy (non-hydrogen) atoms. The average Bonchev–Trinajstić information content (AvgIpc) is 2.49. The summed E-state index contributed by atoms with van der Waals surface area (Å²) in [6.07, 6.45) is 1.54. The third kappa shape index (κ3) is 2.97. The summed E-state index contributed by atoms with van der Waals surface area (Å²) in [7, 11) is 0. The van der Waals surface area contributed by atoms with E-state index in [0.717, 1.165) is 0 Å². The third-order valence-corrected chi connectivity index (χ3v) is 4.71. The summed E-state index contributed by atoms with van der Waals surface area (Å²) < 4.78 is 0. The molecule has 1 heterocycles. The first-order valence-corrected chi connectivity index (χ1v) is 7.35. The van der Waals surface area contributed by atoms with Crippen LogP contribution in [0.25, 0.3) is 0 Å². The lowest BCUT2D eigenvalue weighted by Gasteiger charge is -2.38. The number of amides is 1. The molecule has 5 nitrogen and oxygen atoms in total. The van der Waals surface area contributed by atoms with Crippen molar-refractivity contribution in [3.8, 4) is 0 Å². The van der Waals surface area contributed by atoms with Gasteiger partial charge in [-0.15, -0.1) is 0 Å². The maximum absolute atomic E-state index is 12.4. The number of hydrogen-bond donors (Lipinski definition) is 2. The Hall–Kier alpha value is -1.75. The molecule has 6 heteroatoms. The van der Waals surface area contributed by atoms with E-state index in [1.165, 1.54) is 0 Å². The standard InChI is InChI=1S/C15H19ClN2O3/c1-2-15(14(20)21)5-7-18(8-6-15)13(19)10-3-4-12(17)11(16)9-10/h3-4,9H,2,5-8,17H2,1H3,(H,20,21). The molecule has 1 aromatic carbocycles. The second kappa shape index (κ2) is 5.93. The van der Waals surface area contributed by atoms with Crippen molar-refractivity contribution in [2.45, 2.75) is 26.2 Å². The number of carbonyl (C=O) groups excluding carboxylic acids is 1. The van der Waals surface area contributed by atoms with E-state index in [2.05, 4.69) is 0 Å². The number of carboxylic acids is 1. The van der Waals surface area contributed by atoms with Crippen LogP contribution in [0.2, 0.25) is 5.02 Å². The van der Waals surface area contributed by atoms with Crippen molar-refractivity contribution in [3.05, 3.63) is 28.8 Å². The molecule has 1 aliphatic heterocycles. The number of anilines is 1. The number of benzene rings is 1. The molecule has 0 saturated carbocycles. The van der Waals surface area contributed by atoms with Crippen molar-refractivity contribution >= 4 is 29.2 Å². The number of halogens is 1. The molecule has 0 atom stereocenters. The number of nitrogens with two attached hydrogens (primary N) is 1. The minimum absolute atomic E-state index is 0.132. The third-order valence-electron chi connectivity index (χ3n) is 4.39. The number of rotatable bonds is 3. The molecule has 1 saturated heterocycles. The van der Waals surface area contributed by atoms with E-state index in [1.807, 2.05) is 6.92 Å². The lowest BCUT2D eigenvalue weighted by Crippen LogP contribution is -2.46. The lowest BCUT2D eigenvalue weighted by atomic mass is 9.76. The molecule has 1 aromatic rings. The maximum atomic E-state index is 12.4. The minimum Gasteiger partial charge on any atom is -0.481 e. The van der Waals surface area contributed by atoms with Crippen LogP contribution in [0, 0.1) is 5.41 Å². The summed E-state index contributed by atoms with van der Waals surface area (Å²) in [5, 5.41) is 9.72. The molecule has 2 rings (SSSR count). The number of aliphatic carboxylic acids is 1. The first kappa shape index (κ1) is 15.6. The average molecular weight is 311 g/mol. The van der Waals surface area contributed by atoms with Crippen LogP contribution in [0.1, 0.15) is 36.5 Å².